The van der Waals surface area contributed by atoms with Crippen molar-refractivity contribution in [1.29, 1.82) is 0 Å². The van der Waals surface area contributed by atoms with Crippen LogP contribution < -0.4 is 0 Å². The van der Waals surface area contributed by atoms with E-state index in [2.05, 4.69) is 107 Å². The second-order valence-electron chi connectivity index (χ2n) is 11.4. The van der Waals surface area contributed by atoms with Gasteiger partial charge in [0.1, 0.15) is 0 Å². The zero-order valence-corrected chi connectivity index (χ0v) is 22.9. The zero-order valence-electron chi connectivity index (χ0n) is 19.9. The molecule has 0 aromatic rings. The molecule has 0 rings (SSSR count). The molecule has 0 spiro atoms. The van der Waals surface area contributed by atoms with Gasteiger partial charge in [-0.2, -0.15) is 0 Å². The zero-order chi connectivity index (χ0) is 20.2. The van der Waals surface area contributed by atoms with Crippen molar-refractivity contribution in [1.82, 2.24) is 4.90 Å². The Hall–Kier alpha value is 0.820. The summed E-state index contributed by atoms with van der Waals surface area (Å²) >= 11 is 0. The molecule has 0 aliphatic heterocycles. The van der Waals surface area contributed by atoms with Gasteiger partial charge in [-0.1, -0.05) is 110 Å². The Morgan fingerprint density at radius 3 is 1.24 bits per heavy atom. The van der Waals surface area contributed by atoms with E-state index in [4.69, 9.17) is 9.96 Å². The smallest absolute Gasteiger partial charge is 0.659 e. The minimum absolute atomic E-state index is 0. The molecule has 154 valence electrons. The van der Waals surface area contributed by atoms with Gasteiger partial charge < -0.3 is 14.9 Å². The van der Waals surface area contributed by atoms with Crippen molar-refractivity contribution in [3.63, 3.8) is 0 Å². The Morgan fingerprint density at radius 2 is 1.08 bits per heavy atom. The van der Waals surface area contributed by atoms with Crippen LogP contribution in [-0.2, 0) is 16.8 Å². The van der Waals surface area contributed by atoms with Crippen LogP contribution in [0, 0.1) is 0 Å². The predicted molar refractivity (Wildman–Crippen MR) is 120 cm³/mol. The van der Waals surface area contributed by atoms with Gasteiger partial charge in [0.05, 0.1) is 0 Å². The van der Waals surface area contributed by atoms with E-state index in [-0.39, 0.29) is 27.9 Å². The molecule has 6 heteroatoms. The molecule has 25 heavy (non-hydrogen) atoms. The molecule has 0 bridgehead atoms. The molecule has 3 nitrogen and oxygen atoms in total. The summed E-state index contributed by atoms with van der Waals surface area (Å²) in [7, 11) is 1.52. The fraction of sp³-hybridized carbons (Fsp3) is 1.00. The second-order valence-corrected chi connectivity index (χ2v) is 20.8. The van der Waals surface area contributed by atoms with E-state index in [1.165, 1.54) is 0 Å². The number of hydrogen-bond acceptors (Lipinski definition) is 1. The summed E-state index contributed by atoms with van der Waals surface area (Å²) in [6, 6.07) is 0. The fourth-order valence-electron chi connectivity index (χ4n) is 2.72. The van der Waals surface area contributed by atoms with Gasteiger partial charge in [-0.05, 0) is 20.6 Å². The average Bonchev–Trinajstić information content (AvgIpc) is 2.03. The first kappa shape index (κ1) is 30.5. The topological polar surface area (TPSA) is 31.4 Å². The summed E-state index contributed by atoms with van der Waals surface area (Å²) in [6.45, 7) is 30.5. The molecule has 0 heterocycles. The van der Waals surface area contributed by atoms with Crippen LogP contribution in [-0.4, -0.2) is 53.1 Å². The molecule has 0 aromatic heterocycles. The first-order valence-corrected chi connectivity index (χ1v) is 15.6. The van der Waals surface area contributed by atoms with E-state index in [0.717, 1.165) is 6.54 Å². The quantitative estimate of drug-likeness (QED) is 0.445. The Kier molecular flexibility index (Phi) is 12.7. The summed E-state index contributed by atoms with van der Waals surface area (Å²) in [4.78, 5) is 12.0. The number of nitrogens with zero attached hydrogens (tertiary/aromatic N) is 3. The van der Waals surface area contributed by atoms with Gasteiger partial charge in [-0.15, -0.1) is 11.1 Å². The summed E-state index contributed by atoms with van der Waals surface area (Å²) in [5.41, 5.74) is 0.247. The number of hydrogen-bond donors (Lipinski definition) is 0. The van der Waals surface area contributed by atoms with E-state index in [1.807, 2.05) is 0 Å². The van der Waals surface area contributed by atoms with Gasteiger partial charge in [0.2, 0.25) is 0 Å². The van der Waals surface area contributed by atoms with Gasteiger partial charge in [0.15, 0.2) is 0 Å². The summed E-state index contributed by atoms with van der Waals surface area (Å²) in [5.74, 6) is 0. The van der Waals surface area contributed by atoms with Gasteiger partial charge in [-0.3, -0.25) is 0 Å². The standard InChI is InChI=1S/C10H24NSi.C9H23N2Si.Co/c1-9(2,3)11-12(7,8)10(4,5)6;1-9(2,8-11(3)4)10-12(5,6)7;/h1-8H3;8H2,1-7H3;/q2*-1;+3. The van der Waals surface area contributed by atoms with Crippen LogP contribution in [0.3, 0.4) is 0 Å². The van der Waals surface area contributed by atoms with Crippen LogP contribution in [0.2, 0.25) is 37.8 Å². The molecular formula is C19H47CoN3Si2+. The van der Waals surface area contributed by atoms with Crippen molar-refractivity contribution in [2.24, 2.45) is 0 Å². The van der Waals surface area contributed by atoms with E-state index >= 15 is 0 Å². The van der Waals surface area contributed by atoms with Crippen LogP contribution >= 0.6 is 0 Å². The Labute approximate surface area is 172 Å². The van der Waals surface area contributed by atoms with Gasteiger partial charge in [0.25, 0.3) is 0 Å². The van der Waals surface area contributed by atoms with E-state index < -0.39 is 16.5 Å². The van der Waals surface area contributed by atoms with Crippen LogP contribution in [0.15, 0.2) is 0 Å². The monoisotopic (exact) mass is 432 g/mol. The van der Waals surface area contributed by atoms with E-state index in [0.29, 0.717) is 5.04 Å². The van der Waals surface area contributed by atoms with E-state index in [1.54, 1.807) is 0 Å². The van der Waals surface area contributed by atoms with Gasteiger partial charge >= 0.3 is 16.8 Å². The summed E-state index contributed by atoms with van der Waals surface area (Å²) < 4.78 is 0. The molecule has 0 aliphatic carbocycles. The van der Waals surface area contributed by atoms with Crippen molar-refractivity contribution < 1.29 is 16.8 Å². The van der Waals surface area contributed by atoms with Crippen molar-refractivity contribution in [3.8, 4) is 0 Å². The Balaban J connectivity index is -0.000000372. The van der Waals surface area contributed by atoms with Crippen LogP contribution in [0.5, 0.6) is 0 Å². The first-order valence-electron chi connectivity index (χ1n) is 9.21. The predicted octanol–water partition coefficient (Wildman–Crippen LogP) is 6.70. The maximum absolute atomic E-state index is 4.95. The average molecular weight is 433 g/mol. The van der Waals surface area contributed by atoms with Gasteiger partial charge in [-0.25, -0.2) is 0 Å². The third-order valence-electron chi connectivity index (χ3n) is 3.79. The van der Waals surface area contributed by atoms with E-state index in [9.17, 15) is 0 Å². The second kappa shape index (κ2) is 10.4. The maximum atomic E-state index is 4.95. The number of likely N-dealkylation sites (N-methyl/N-ethyl adjacent to an activating group) is 1. The Bertz CT molecular complexity index is 362. The molecule has 0 unspecified atom stereocenters. The van der Waals surface area contributed by atoms with Crippen LogP contribution in [0.1, 0.15) is 55.4 Å². The van der Waals surface area contributed by atoms with Crippen molar-refractivity contribution in [2.45, 2.75) is 104 Å². The van der Waals surface area contributed by atoms with Crippen LogP contribution in [0.4, 0.5) is 0 Å². The maximum Gasteiger partial charge on any atom is 3.00 e. The normalized spacial score (nSPS) is 13.9. The molecule has 0 saturated heterocycles. The molecule has 0 aliphatic rings. The molecule has 0 aromatic carbocycles. The molecule has 0 radical (unpaired) electrons. The minimum Gasteiger partial charge on any atom is -0.659 e. The SMILES string of the molecule is CC(C)(C)[N-][Si](C)(C)C(C)(C)C.CN(C)CC(C)(C)[N-][Si](C)(C)C.[Co+3]. The molecule has 0 atom stereocenters. The molecule has 0 N–H and O–H groups in total. The van der Waals surface area contributed by atoms with Gasteiger partial charge in [0, 0.05) is 0 Å². The fourth-order valence-corrected chi connectivity index (χ4v) is 6.62. The minimum atomic E-state index is -1.42. The molecule has 0 fully saturated rings. The largest absolute Gasteiger partial charge is 3.00 e. The Morgan fingerprint density at radius 1 is 0.720 bits per heavy atom. The van der Waals surface area contributed by atoms with Crippen molar-refractivity contribution in [3.05, 3.63) is 9.96 Å². The first-order chi connectivity index (χ1) is 10.1. The molecular weight excluding hydrogens is 385 g/mol. The summed E-state index contributed by atoms with van der Waals surface area (Å²) in [6.07, 6.45) is 0. The van der Waals surface area contributed by atoms with Crippen LogP contribution in [0.25, 0.3) is 9.96 Å². The third-order valence-corrected chi connectivity index (χ3v) is 9.97. The van der Waals surface area contributed by atoms with Crippen molar-refractivity contribution in [2.75, 3.05) is 20.6 Å². The third kappa shape index (κ3) is 18.0. The summed E-state index contributed by atoms with van der Waals surface area (Å²) in [5, 5.41) is 0.375. The molecule has 0 amide bonds. The number of rotatable bonds is 5. The van der Waals surface area contributed by atoms with Crippen molar-refractivity contribution >= 4 is 16.5 Å². The molecule has 0 saturated carbocycles.